The first-order valence-corrected chi connectivity index (χ1v) is 7.05. The minimum absolute atomic E-state index is 0.221. The van der Waals surface area contributed by atoms with E-state index in [1.54, 1.807) is 0 Å². The van der Waals surface area contributed by atoms with E-state index in [1.807, 2.05) is 18.2 Å². The van der Waals surface area contributed by atoms with Gasteiger partial charge < -0.3 is 5.11 Å². The molecule has 0 spiro atoms. The summed E-state index contributed by atoms with van der Waals surface area (Å²) in [7, 11) is 0. The van der Waals surface area contributed by atoms with Crippen LogP contribution in [0, 0.1) is 0 Å². The third kappa shape index (κ3) is 2.59. The van der Waals surface area contributed by atoms with E-state index >= 15 is 0 Å². The lowest BCUT2D eigenvalue weighted by Gasteiger charge is -2.23. The Balaban J connectivity index is 1.90. The lowest BCUT2D eigenvalue weighted by Crippen LogP contribution is -2.31. The Morgan fingerprint density at radius 3 is 3.05 bits per heavy atom. The van der Waals surface area contributed by atoms with Crippen LogP contribution in [0.25, 0.3) is 10.9 Å². The highest BCUT2D eigenvalue weighted by Gasteiger charge is 2.24. The summed E-state index contributed by atoms with van der Waals surface area (Å²) in [5.74, 6) is 0. The van der Waals surface area contributed by atoms with Crippen LogP contribution >= 0.6 is 11.6 Å². The monoisotopic (exact) mass is 276 g/mol. The number of hydrogen-bond acceptors (Lipinski definition) is 3. The Hall–Kier alpha value is -1.16. The number of aromatic nitrogens is 1. The lowest BCUT2D eigenvalue weighted by atomic mass is 10.1. The van der Waals surface area contributed by atoms with Gasteiger partial charge in [-0.2, -0.15) is 0 Å². The van der Waals surface area contributed by atoms with E-state index in [0.29, 0.717) is 5.15 Å². The molecule has 1 aliphatic heterocycles. The predicted molar refractivity (Wildman–Crippen MR) is 77.3 cm³/mol. The fraction of sp³-hybridized carbons (Fsp3) is 0.400. The fourth-order valence-corrected chi connectivity index (χ4v) is 2.98. The maximum atomic E-state index is 9.37. The summed E-state index contributed by atoms with van der Waals surface area (Å²) in [6.07, 6.45) is 2.21. The van der Waals surface area contributed by atoms with Gasteiger partial charge >= 0.3 is 0 Å². The number of fused-ring (bicyclic) bond motifs is 1. The summed E-state index contributed by atoms with van der Waals surface area (Å²) >= 11 is 6.27. The molecular formula is C15H17ClN2O. The Labute approximate surface area is 117 Å². The minimum Gasteiger partial charge on any atom is -0.395 e. The van der Waals surface area contributed by atoms with E-state index in [2.05, 4.69) is 22.0 Å². The van der Waals surface area contributed by atoms with Crippen molar-refractivity contribution in [2.75, 3.05) is 13.2 Å². The number of aliphatic hydroxyl groups is 1. The molecule has 1 N–H and O–H groups in total. The van der Waals surface area contributed by atoms with Crippen LogP contribution in [-0.4, -0.2) is 34.2 Å². The standard InChI is InChI=1S/C15H17ClN2O/c16-15-12(9-18-7-3-5-13(18)10-19)8-11-4-1-2-6-14(11)17-15/h1-2,4,6,8,13,19H,3,5,7,9-10H2. The van der Waals surface area contributed by atoms with Crippen molar-refractivity contribution in [3.8, 4) is 0 Å². The van der Waals surface area contributed by atoms with Gasteiger partial charge in [0.25, 0.3) is 0 Å². The normalized spacial score (nSPS) is 20.2. The number of halogens is 1. The van der Waals surface area contributed by atoms with Crippen molar-refractivity contribution < 1.29 is 5.11 Å². The number of aliphatic hydroxyl groups excluding tert-OH is 1. The van der Waals surface area contributed by atoms with Crippen LogP contribution in [0.3, 0.4) is 0 Å². The molecule has 100 valence electrons. The van der Waals surface area contributed by atoms with E-state index in [9.17, 15) is 5.11 Å². The highest BCUT2D eigenvalue weighted by molar-refractivity contribution is 6.30. The summed E-state index contributed by atoms with van der Waals surface area (Å²) in [5.41, 5.74) is 1.97. The molecule has 1 unspecified atom stereocenters. The number of nitrogens with zero attached hydrogens (tertiary/aromatic N) is 2. The Kier molecular flexibility index (Phi) is 3.69. The van der Waals surface area contributed by atoms with Crippen molar-refractivity contribution >= 4 is 22.5 Å². The minimum atomic E-state index is 0.221. The van der Waals surface area contributed by atoms with Gasteiger partial charge in [-0.1, -0.05) is 29.8 Å². The molecule has 1 fully saturated rings. The average molecular weight is 277 g/mol. The third-order valence-electron chi connectivity index (χ3n) is 3.83. The van der Waals surface area contributed by atoms with Crippen molar-refractivity contribution in [3.63, 3.8) is 0 Å². The summed E-state index contributed by atoms with van der Waals surface area (Å²) < 4.78 is 0. The van der Waals surface area contributed by atoms with Crippen LogP contribution in [0.15, 0.2) is 30.3 Å². The van der Waals surface area contributed by atoms with Crippen LogP contribution < -0.4 is 0 Å². The van der Waals surface area contributed by atoms with Gasteiger partial charge in [-0.05, 0) is 31.5 Å². The molecular weight excluding hydrogens is 260 g/mol. The first-order valence-electron chi connectivity index (χ1n) is 6.67. The molecule has 1 atom stereocenters. The second kappa shape index (κ2) is 5.45. The molecule has 4 heteroatoms. The lowest BCUT2D eigenvalue weighted by molar-refractivity contribution is 0.153. The Morgan fingerprint density at radius 2 is 2.21 bits per heavy atom. The molecule has 0 bridgehead atoms. The summed E-state index contributed by atoms with van der Waals surface area (Å²) in [6, 6.07) is 10.4. The topological polar surface area (TPSA) is 36.4 Å². The number of benzene rings is 1. The van der Waals surface area contributed by atoms with Gasteiger partial charge in [0.1, 0.15) is 5.15 Å². The first kappa shape index (κ1) is 12.9. The zero-order chi connectivity index (χ0) is 13.2. The van der Waals surface area contributed by atoms with Crippen molar-refractivity contribution in [3.05, 3.63) is 41.0 Å². The summed E-state index contributed by atoms with van der Waals surface area (Å²) in [5, 5.41) is 11.0. The smallest absolute Gasteiger partial charge is 0.134 e. The van der Waals surface area contributed by atoms with Crippen LogP contribution in [0.2, 0.25) is 5.15 Å². The van der Waals surface area contributed by atoms with Gasteiger partial charge in [0.15, 0.2) is 0 Å². The van der Waals surface area contributed by atoms with E-state index < -0.39 is 0 Å². The molecule has 1 aliphatic rings. The molecule has 0 saturated carbocycles. The van der Waals surface area contributed by atoms with Crippen molar-refractivity contribution in [1.82, 2.24) is 9.88 Å². The van der Waals surface area contributed by atoms with Crippen molar-refractivity contribution in [1.29, 1.82) is 0 Å². The zero-order valence-electron chi connectivity index (χ0n) is 10.7. The van der Waals surface area contributed by atoms with E-state index in [4.69, 9.17) is 11.6 Å². The van der Waals surface area contributed by atoms with Crippen LogP contribution in [0.1, 0.15) is 18.4 Å². The number of rotatable bonds is 3. The van der Waals surface area contributed by atoms with Gasteiger partial charge in [-0.25, -0.2) is 4.98 Å². The summed E-state index contributed by atoms with van der Waals surface area (Å²) in [6.45, 7) is 2.01. The molecule has 1 aromatic heterocycles. The second-order valence-electron chi connectivity index (χ2n) is 5.08. The molecule has 3 rings (SSSR count). The van der Waals surface area contributed by atoms with Gasteiger partial charge in [0, 0.05) is 23.5 Å². The number of hydrogen-bond donors (Lipinski definition) is 1. The van der Waals surface area contributed by atoms with Crippen LogP contribution in [0.4, 0.5) is 0 Å². The molecule has 19 heavy (non-hydrogen) atoms. The highest BCUT2D eigenvalue weighted by atomic mass is 35.5. The maximum absolute atomic E-state index is 9.37. The van der Waals surface area contributed by atoms with E-state index in [-0.39, 0.29) is 12.6 Å². The molecule has 2 aromatic rings. The van der Waals surface area contributed by atoms with Crippen LogP contribution in [0.5, 0.6) is 0 Å². The van der Waals surface area contributed by atoms with E-state index in [0.717, 1.165) is 42.4 Å². The number of likely N-dealkylation sites (tertiary alicyclic amines) is 1. The predicted octanol–water partition coefficient (Wildman–Crippen LogP) is 2.84. The molecule has 3 nitrogen and oxygen atoms in total. The van der Waals surface area contributed by atoms with E-state index in [1.165, 1.54) is 0 Å². The third-order valence-corrected chi connectivity index (χ3v) is 4.16. The first-order chi connectivity index (χ1) is 9.28. The summed E-state index contributed by atoms with van der Waals surface area (Å²) in [4.78, 5) is 6.73. The van der Waals surface area contributed by atoms with Gasteiger partial charge in [-0.3, -0.25) is 4.90 Å². The SMILES string of the molecule is OCC1CCCN1Cc1cc2ccccc2nc1Cl. The zero-order valence-corrected chi connectivity index (χ0v) is 11.5. The van der Waals surface area contributed by atoms with Gasteiger partial charge in [0.2, 0.25) is 0 Å². The molecule has 0 aliphatic carbocycles. The van der Waals surface area contributed by atoms with Crippen molar-refractivity contribution in [2.24, 2.45) is 0 Å². The molecule has 0 amide bonds. The van der Waals surface area contributed by atoms with Gasteiger partial charge in [0.05, 0.1) is 12.1 Å². The highest BCUT2D eigenvalue weighted by Crippen LogP contribution is 2.25. The second-order valence-corrected chi connectivity index (χ2v) is 5.44. The largest absolute Gasteiger partial charge is 0.395 e. The Morgan fingerprint density at radius 1 is 1.37 bits per heavy atom. The quantitative estimate of drug-likeness (QED) is 0.876. The Bertz CT molecular complexity index is 587. The average Bonchev–Trinajstić information content (AvgIpc) is 2.87. The number of pyridine rings is 1. The fourth-order valence-electron chi connectivity index (χ4n) is 2.78. The van der Waals surface area contributed by atoms with Crippen LogP contribution in [-0.2, 0) is 6.54 Å². The number of para-hydroxylation sites is 1. The van der Waals surface area contributed by atoms with Gasteiger partial charge in [-0.15, -0.1) is 0 Å². The van der Waals surface area contributed by atoms with Crippen molar-refractivity contribution in [2.45, 2.75) is 25.4 Å². The molecule has 2 heterocycles. The molecule has 0 radical (unpaired) electrons. The molecule has 1 aromatic carbocycles. The maximum Gasteiger partial charge on any atom is 0.134 e. The molecule has 1 saturated heterocycles.